The highest BCUT2D eigenvalue weighted by molar-refractivity contribution is 4.90. The van der Waals surface area contributed by atoms with Gasteiger partial charge in [0.15, 0.2) is 6.29 Å². The fraction of sp³-hybridized carbons (Fsp3) is 1.00. The second kappa shape index (κ2) is 3.65. The fourth-order valence-electron chi connectivity index (χ4n) is 1.12. The molecule has 0 saturated carbocycles. The van der Waals surface area contributed by atoms with Gasteiger partial charge in [0.1, 0.15) is 18.3 Å². The van der Waals surface area contributed by atoms with Gasteiger partial charge in [-0.3, -0.25) is 0 Å². The molecule has 1 unspecified atom stereocenters. The molecule has 1 heterocycles. The molecule has 1 aliphatic heterocycles. The Bertz CT molecular complexity index is 150. The van der Waals surface area contributed by atoms with Crippen LogP contribution in [0.3, 0.4) is 0 Å². The van der Waals surface area contributed by atoms with Crippen LogP contribution in [0.2, 0.25) is 0 Å². The van der Waals surface area contributed by atoms with E-state index in [1.165, 1.54) is 0 Å². The summed E-state index contributed by atoms with van der Waals surface area (Å²) in [5.41, 5.74) is 5.26. The van der Waals surface area contributed by atoms with Crippen LogP contribution in [0, 0.1) is 0 Å². The van der Waals surface area contributed by atoms with E-state index in [0.29, 0.717) is 0 Å². The molecule has 1 rings (SSSR count). The molecule has 0 radical (unpaired) electrons. The predicted molar refractivity (Wildman–Crippen MR) is 38.0 cm³/mol. The third kappa shape index (κ3) is 1.58. The van der Waals surface area contributed by atoms with Crippen LogP contribution in [0.5, 0.6) is 0 Å². The van der Waals surface area contributed by atoms with Gasteiger partial charge < -0.3 is 30.9 Å². The predicted octanol–water partition coefficient (Wildman–Crippen LogP) is -3.25. The molecule has 5 atom stereocenters. The second-order valence-corrected chi connectivity index (χ2v) is 2.81. The van der Waals surface area contributed by atoms with Crippen molar-refractivity contribution in [2.75, 3.05) is 6.61 Å². The summed E-state index contributed by atoms with van der Waals surface area (Å²) >= 11 is 0. The van der Waals surface area contributed by atoms with E-state index in [4.69, 9.17) is 20.7 Å². The van der Waals surface area contributed by atoms with Crippen molar-refractivity contribution in [3.05, 3.63) is 0 Å². The summed E-state index contributed by atoms with van der Waals surface area (Å²) < 4.78 is 4.70. The van der Waals surface area contributed by atoms with Crippen molar-refractivity contribution >= 4 is 0 Å². The SMILES string of the molecule is N[C@@H]1C(O)O[C@@H](CO)[C@@H](O)[C@H]1O. The molecule has 0 spiro atoms. The van der Waals surface area contributed by atoms with Crippen LogP contribution in [0.4, 0.5) is 0 Å². The van der Waals surface area contributed by atoms with Crippen molar-refractivity contribution in [1.82, 2.24) is 0 Å². The van der Waals surface area contributed by atoms with Gasteiger partial charge >= 0.3 is 0 Å². The molecule has 0 aliphatic carbocycles. The van der Waals surface area contributed by atoms with Crippen molar-refractivity contribution in [3.8, 4) is 0 Å². The Balaban J connectivity index is 2.63. The molecule has 1 aliphatic rings. The number of aliphatic hydroxyl groups excluding tert-OH is 4. The summed E-state index contributed by atoms with van der Waals surface area (Å²) in [7, 11) is 0. The van der Waals surface area contributed by atoms with Crippen molar-refractivity contribution in [2.45, 2.75) is 30.6 Å². The van der Waals surface area contributed by atoms with Crippen molar-refractivity contribution < 1.29 is 25.2 Å². The zero-order valence-corrected chi connectivity index (χ0v) is 6.37. The smallest absolute Gasteiger partial charge is 0.173 e. The minimum absolute atomic E-state index is 0.470. The molecule has 12 heavy (non-hydrogen) atoms. The lowest BCUT2D eigenvalue weighted by Gasteiger charge is -2.38. The molecule has 6 heteroatoms. The third-order valence-electron chi connectivity index (χ3n) is 1.95. The van der Waals surface area contributed by atoms with E-state index in [1.54, 1.807) is 0 Å². The quantitative estimate of drug-likeness (QED) is 0.288. The first-order chi connectivity index (χ1) is 5.57. The van der Waals surface area contributed by atoms with Crippen molar-refractivity contribution in [1.29, 1.82) is 0 Å². The molecule has 1 fully saturated rings. The van der Waals surface area contributed by atoms with Gasteiger partial charge in [0, 0.05) is 0 Å². The molecule has 1 saturated heterocycles. The Hall–Kier alpha value is -0.240. The van der Waals surface area contributed by atoms with Crippen LogP contribution in [-0.2, 0) is 4.74 Å². The molecule has 6 N–H and O–H groups in total. The van der Waals surface area contributed by atoms with E-state index < -0.39 is 37.3 Å². The Morgan fingerprint density at radius 1 is 1.17 bits per heavy atom. The molecule has 0 bridgehead atoms. The molecular formula is C6H13NO5. The van der Waals surface area contributed by atoms with E-state index >= 15 is 0 Å². The highest BCUT2D eigenvalue weighted by Gasteiger charge is 2.41. The lowest BCUT2D eigenvalue weighted by Crippen LogP contribution is -2.61. The molecular weight excluding hydrogens is 166 g/mol. The molecule has 0 aromatic rings. The number of aliphatic hydroxyl groups is 4. The minimum Gasteiger partial charge on any atom is -0.394 e. The lowest BCUT2D eigenvalue weighted by atomic mass is 9.98. The Kier molecular flexibility index (Phi) is 2.99. The van der Waals surface area contributed by atoms with Crippen LogP contribution >= 0.6 is 0 Å². The number of hydrogen-bond acceptors (Lipinski definition) is 6. The summed E-state index contributed by atoms with van der Waals surface area (Å²) in [5.74, 6) is 0. The molecule has 0 aromatic carbocycles. The van der Waals surface area contributed by atoms with Gasteiger partial charge in [-0.05, 0) is 0 Å². The van der Waals surface area contributed by atoms with Gasteiger partial charge in [-0.1, -0.05) is 0 Å². The maximum absolute atomic E-state index is 9.20. The van der Waals surface area contributed by atoms with Crippen LogP contribution in [0.1, 0.15) is 0 Å². The second-order valence-electron chi connectivity index (χ2n) is 2.81. The maximum atomic E-state index is 9.20. The van der Waals surface area contributed by atoms with E-state index in [9.17, 15) is 10.2 Å². The maximum Gasteiger partial charge on any atom is 0.173 e. The van der Waals surface area contributed by atoms with Gasteiger partial charge in [0.2, 0.25) is 0 Å². The summed E-state index contributed by atoms with van der Waals surface area (Å²) in [6.07, 6.45) is -4.85. The van der Waals surface area contributed by atoms with Crippen LogP contribution < -0.4 is 5.73 Å². The summed E-state index contributed by atoms with van der Waals surface area (Å²) in [5, 5.41) is 36.1. The summed E-state index contributed by atoms with van der Waals surface area (Å²) in [6, 6.07) is -1.04. The van der Waals surface area contributed by atoms with Crippen molar-refractivity contribution in [3.63, 3.8) is 0 Å². The highest BCUT2D eigenvalue weighted by atomic mass is 16.6. The number of ether oxygens (including phenoxy) is 1. The van der Waals surface area contributed by atoms with Gasteiger partial charge in [-0.15, -0.1) is 0 Å². The zero-order valence-electron chi connectivity index (χ0n) is 6.37. The average Bonchev–Trinajstić information content (AvgIpc) is 2.08. The zero-order chi connectivity index (χ0) is 9.30. The lowest BCUT2D eigenvalue weighted by molar-refractivity contribution is -0.248. The van der Waals surface area contributed by atoms with Gasteiger partial charge in [0.25, 0.3) is 0 Å². The Morgan fingerprint density at radius 2 is 1.75 bits per heavy atom. The highest BCUT2D eigenvalue weighted by Crippen LogP contribution is 2.17. The number of rotatable bonds is 1. The third-order valence-corrected chi connectivity index (χ3v) is 1.95. The van der Waals surface area contributed by atoms with Crippen LogP contribution in [0.25, 0.3) is 0 Å². The van der Waals surface area contributed by atoms with Crippen LogP contribution in [-0.4, -0.2) is 57.7 Å². The van der Waals surface area contributed by atoms with Crippen LogP contribution in [0.15, 0.2) is 0 Å². The minimum atomic E-state index is -1.35. The largest absolute Gasteiger partial charge is 0.394 e. The molecule has 72 valence electrons. The standard InChI is InChI=1S/C6H13NO5/c7-3-5(10)4(9)2(1-8)12-6(3)11/h2-6,8-11H,1,7H2/t2-,3-,4+,5-,6?/m0/s1. The monoisotopic (exact) mass is 179 g/mol. The normalized spacial score (nSPS) is 49.2. The van der Waals surface area contributed by atoms with E-state index in [1.807, 2.05) is 0 Å². The van der Waals surface area contributed by atoms with E-state index in [0.717, 1.165) is 0 Å². The summed E-state index contributed by atoms with van der Waals surface area (Å²) in [4.78, 5) is 0. The number of nitrogens with two attached hydrogens (primary N) is 1. The topological polar surface area (TPSA) is 116 Å². The van der Waals surface area contributed by atoms with Gasteiger partial charge in [-0.25, -0.2) is 0 Å². The van der Waals surface area contributed by atoms with Gasteiger partial charge in [-0.2, -0.15) is 0 Å². The molecule has 0 amide bonds. The van der Waals surface area contributed by atoms with Crippen molar-refractivity contribution in [2.24, 2.45) is 5.73 Å². The van der Waals surface area contributed by atoms with Gasteiger partial charge in [0.05, 0.1) is 12.6 Å². The number of hydrogen-bond donors (Lipinski definition) is 5. The van der Waals surface area contributed by atoms with E-state index in [-0.39, 0.29) is 0 Å². The molecule has 6 nitrogen and oxygen atoms in total. The first kappa shape index (κ1) is 9.85. The average molecular weight is 179 g/mol. The first-order valence-electron chi connectivity index (χ1n) is 3.64. The fourth-order valence-corrected chi connectivity index (χ4v) is 1.12. The summed E-state index contributed by atoms with van der Waals surface area (Å²) in [6.45, 7) is -0.470. The Morgan fingerprint density at radius 3 is 2.25 bits per heavy atom. The Labute approximate surface area is 69.2 Å². The first-order valence-corrected chi connectivity index (χ1v) is 3.64. The van der Waals surface area contributed by atoms with E-state index in [2.05, 4.69) is 0 Å². The molecule has 0 aromatic heterocycles.